The molecule has 0 spiro atoms. The third-order valence-electron chi connectivity index (χ3n) is 4.79. The van der Waals surface area contributed by atoms with Crippen molar-refractivity contribution >= 4 is 11.1 Å². The fraction of sp³-hybridized carbons (Fsp3) is 0.261. The number of halogens is 1. The summed E-state index contributed by atoms with van der Waals surface area (Å²) >= 11 is 0. The van der Waals surface area contributed by atoms with E-state index in [0.717, 1.165) is 33.6 Å². The average molecular weight is 366 g/mol. The van der Waals surface area contributed by atoms with Crippen molar-refractivity contribution in [3.63, 3.8) is 0 Å². The standard InChI is InChI=1S/C23H27FN2O/c1-13(2)16(5)21(23-25-9-10-26-23)18(7)22(24)17(6)19-11-15(4)20(27-8)12-14(19)3/h9-12H,1,6H2,2-5,7-8H3,(H,25,26)/b21-16-,22-18-. The predicted octanol–water partition coefficient (Wildman–Crippen LogP) is 6.34. The number of aromatic nitrogens is 2. The highest BCUT2D eigenvalue weighted by Crippen LogP contribution is 2.36. The number of nitrogens with zero attached hydrogens (tertiary/aromatic N) is 1. The highest BCUT2D eigenvalue weighted by Gasteiger charge is 2.19. The minimum atomic E-state index is -0.366. The van der Waals surface area contributed by atoms with Crippen molar-refractivity contribution in [2.75, 3.05) is 7.11 Å². The molecule has 0 aliphatic carbocycles. The zero-order chi connectivity index (χ0) is 20.3. The monoisotopic (exact) mass is 366 g/mol. The van der Waals surface area contributed by atoms with Crippen LogP contribution in [0.1, 0.15) is 43.3 Å². The number of nitrogens with one attached hydrogen (secondary N) is 1. The number of ether oxygens (including phenoxy) is 1. The molecular weight excluding hydrogens is 339 g/mol. The molecule has 0 amide bonds. The molecule has 0 bridgehead atoms. The van der Waals surface area contributed by atoms with E-state index in [-0.39, 0.29) is 5.83 Å². The molecule has 0 saturated carbocycles. The second-order valence-corrected chi connectivity index (χ2v) is 6.77. The molecule has 0 aliphatic rings. The smallest absolute Gasteiger partial charge is 0.137 e. The number of aryl methyl sites for hydroxylation is 2. The van der Waals surface area contributed by atoms with Gasteiger partial charge in [-0.15, -0.1) is 0 Å². The summed E-state index contributed by atoms with van der Waals surface area (Å²) in [4.78, 5) is 7.37. The van der Waals surface area contributed by atoms with Crippen LogP contribution < -0.4 is 4.74 Å². The van der Waals surface area contributed by atoms with E-state index in [2.05, 4.69) is 23.1 Å². The van der Waals surface area contributed by atoms with Gasteiger partial charge in [0.05, 0.1) is 7.11 Å². The van der Waals surface area contributed by atoms with E-state index in [0.29, 0.717) is 22.5 Å². The number of hydrogen-bond donors (Lipinski definition) is 1. The third kappa shape index (κ3) is 4.11. The summed E-state index contributed by atoms with van der Waals surface area (Å²) in [5.41, 5.74) is 5.86. The van der Waals surface area contributed by atoms with Crippen molar-refractivity contribution in [3.8, 4) is 5.75 Å². The van der Waals surface area contributed by atoms with Crippen molar-refractivity contribution in [1.29, 1.82) is 0 Å². The van der Waals surface area contributed by atoms with Crippen LogP contribution in [0.15, 0.2) is 60.2 Å². The number of benzene rings is 1. The van der Waals surface area contributed by atoms with Crippen LogP contribution in [-0.4, -0.2) is 17.1 Å². The number of imidazole rings is 1. The Kier molecular flexibility index (Phi) is 6.21. The minimum absolute atomic E-state index is 0.342. The molecule has 2 rings (SSSR count). The number of allylic oxidation sites excluding steroid dienone is 6. The average Bonchev–Trinajstić information content (AvgIpc) is 3.16. The predicted molar refractivity (Wildman–Crippen MR) is 111 cm³/mol. The van der Waals surface area contributed by atoms with Crippen LogP contribution in [0.3, 0.4) is 0 Å². The third-order valence-corrected chi connectivity index (χ3v) is 4.79. The van der Waals surface area contributed by atoms with Crippen molar-refractivity contribution in [1.82, 2.24) is 9.97 Å². The molecule has 142 valence electrons. The molecule has 27 heavy (non-hydrogen) atoms. The topological polar surface area (TPSA) is 37.9 Å². The Balaban J connectivity index is 2.62. The summed E-state index contributed by atoms with van der Waals surface area (Å²) in [5.74, 6) is 1.02. The van der Waals surface area contributed by atoms with Gasteiger partial charge in [-0.05, 0) is 74.6 Å². The second-order valence-electron chi connectivity index (χ2n) is 6.77. The van der Waals surface area contributed by atoms with Crippen LogP contribution in [0.2, 0.25) is 0 Å². The summed E-state index contributed by atoms with van der Waals surface area (Å²) in [6.45, 7) is 17.4. The molecule has 4 heteroatoms. The lowest BCUT2D eigenvalue weighted by atomic mass is 9.92. The molecule has 1 N–H and O–H groups in total. The number of rotatable bonds is 6. The van der Waals surface area contributed by atoms with E-state index in [1.807, 2.05) is 39.8 Å². The number of aromatic amines is 1. The molecule has 1 aromatic carbocycles. The maximum atomic E-state index is 15.5. The highest BCUT2D eigenvalue weighted by molar-refractivity contribution is 5.87. The van der Waals surface area contributed by atoms with Gasteiger partial charge in [-0.1, -0.05) is 18.7 Å². The number of hydrogen-bond acceptors (Lipinski definition) is 2. The fourth-order valence-corrected chi connectivity index (χ4v) is 3.04. The summed E-state index contributed by atoms with van der Waals surface area (Å²) in [6, 6.07) is 3.81. The van der Waals surface area contributed by atoms with Gasteiger partial charge in [0.25, 0.3) is 0 Å². The Bertz CT molecular complexity index is 947. The van der Waals surface area contributed by atoms with E-state index >= 15 is 4.39 Å². The molecule has 2 aromatic rings. The van der Waals surface area contributed by atoms with Crippen LogP contribution >= 0.6 is 0 Å². The number of methoxy groups -OCH3 is 1. The highest BCUT2D eigenvalue weighted by atomic mass is 19.1. The van der Waals surface area contributed by atoms with Gasteiger partial charge in [-0.25, -0.2) is 9.37 Å². The van der Waals surface area contributed by atoms with E-state index in [1.54, 1.807) is 26.4 Å². The van der Waals surface area contributed by atoms with Crippen molar-refractivity contribution < 1.29 is 9.13 Å². The first-order chi connectivity index (χ1) is 12.7. The Morgan fingerprint density at radius 2 is 1.74 bits per heavy atom. The first-order valence-electron chi connectivity index (χ1n) is 8.77. The lowest BCUT2D eigenvalue weighted by molar-refractivity contribution is 0.411. The van der Waals surface area contributed by atoms with Crippen molar-refractivity contribution in [2.45, 2.75) is 34.6 Å². The van der Waals surface area contributed by atoms with E-state index < -0.39 is 0 Å². The lowest BCUT2D eigenvalue weighted by Gasteiger charge is -2.16. The summed E-state index contributed by atoms with van der Waals surface area (Å²) in [5, 5.41) is 0. The Morgan fingerprint density at radius 3 is 2.26 bits per heavy atom. The first-order valence-corrected chi connectivity index (χ1v) is 8.77. The maximum Gasteiger partial charge on any atom is 0.137 e. The second kappa shape index (κ2) is 8.21. The van der Waals surface area contributed by atoms with E-state index in [4.69, 9.17) is 4.74 Å². The van der Waals surface area contributed by atoms with Crippen molar-refractivity contribution in [2.24, 2.45) is 0 Å². The molecule has 0 atom stereocenters. The van der Waals surface area contributed by atoms with Gasteiger partial charge >= 0.3 is 0 Å². The van der Waals surface area contributed by atoms with E-state index in [1.165, 1.54) is 0 Å². The van der Waals surface area contributed by atoms with Gasteiger partial charge < -0.3 is 9.72 Å². The zero-order valence-corrected chi connectivity index (χ0v) is 17.0. The van der Waals surface area contributed by atoms with Gasteiger partial charge in [0.2, 0.25) is 0 Å². The molecule has 1 heterocycles. The molecule has 0 saturated heterocycles. The first kappa shape index (κ1) is 20.4. The molecule has 0 fully saturated rings. The molecule has 0 unspecified atom stereocenters. The zero-order valence-electron chi connectivity index (χ0n) is 17.0. The van der Waals surface area contributed by atoms with Crippen LogP contribution in [0.25, 0.3) is 11.1 Å². The van der Waals surface area contributed by atoms with Crippen LogP contribution in [0.4, 0.5) is 4.39 Å². The Morgan fingerprint density at radius 1 is 1.07 bits per heavy atom. The maximum absolute atomic E-state index is 15.5. The van der Waals surface area contributed by atoms with Crippen LogP contribution in [0, 0.1) is 13.8 Å². The van der Waals surface area contributed by atoms with Crippen LogP contribution in [0.5, 0.6) is 5.75 Å². The summed E-state index contributed by atoms with van der Waals surface area (Å²) in [7, 11) is 1.63. The van der Waals surface area contributed by atoms with Gasteiger partial charge in [0, 0.05) is 23.5 Å². The van der Waals surface area contributed by atoms with Gasteiger partial charge in [-0.3, -0.25) is 0 Å². The van der Waals surface area contributed by atoms with Crippen LogP contribution in [-0.2, 0) is 0 Å². The largest absolute Gasteiger partial charge is 0.496 e. The molecule has 0 aliphatic heterocycles. The molecule has 0 radical (unpaired) electrons. The van der Waals surface area contributed by atoms with Gasteiger partial charge in [0.15, 0.2) is 0 Å². The SMILES string of the molecule is C=C(C)/C(C)=C(/C(C)=C(\F)C(=C)c1cc(C)c(OC)cc1C)c1ncc[nH]1. The van der Waals surface area contributed by atoms with E-state index in [9.17, 15) is 0 Å². The summed E-state index contributed by atoms with van der Waals surface area (Å²) < 4.78 is 20.8. The van der Waals surface area contributed by atoms with Crippen molar-refractivity contribution in [3.05, 3.63) is 82.7 Å². The normalized spacial score (nSPS) is 13.0. The fourth-order valence-electron chi connectivity index (χ4n) is 3.04. The quantitative estimate of drug-likeness (QED) is 0.606. The lowest BCUT2D eigenvalue weighted by Crippen LogP contribution is -2.00. The molecule has 1 aromatic heterocycles. The van der Waals surface area contributed by atoms with Gasteiger partial charge in [-0.2, -0.15) is 0 Å². The summed E-state index contributed by atoms with van der Waals surface area (Å²) in [6.07, 6.45) is 3.37. The molecular formula is C23H27FN2O. The Hall–Kier alpha value is -2.88. The molecule has 3 nitrogen and oxygen atoms in total. The number of H-pyrrole nitrogens is 1. The van der Waals surface area contributed by atoms with Gasteiger partial charge in [0.1, 0.15) is 17.4 Å². The minimum Gasteiger partial charge on any atom is -0.496 e. The Labute approximate surface area is 161 Å².